The van der Waals surface area contributed by atoms with Crippen molar-refractivity contribution in [3.63, 3.8) is 0 Å². The first-order valence-corrected chi connectivity index (χ1v) is 8.36. The molecule has 108 valence electrons. The third-order valence-electron chi connectivity index (χ3n) is 3.08. The smallest absolute Gasteiger partial charge is 0.0587 e. The largest absolute Gasteiger partial charge is 0.383 e. The lowest BCUT2D eigenvalue weighted by Crippen LogP contribution is -2.18. The maximum atomic E-state index is 5.02. The van der Waals surface area contributed by atoms with Gasteiger partial charge in [0, 0.05) is 34.8 Å². The first kappa shape index (κ1) is 17.0. The van der Waals surface area contributed by atoms with E-state index in [0.717, 1.165) is 19.7 Å². The molecule has 1 unspecified atom stereocenters. The molecule has 0 amide bonds. The molecular weight excluding hydrogens is 322 g/mol. The molecule has 4 heteroatoms. The Hall–Kier alpha value is -0.0300. The summed E-state index contributed by atoms with van der Waals surface area (Å²) in [5.74, 6) is 0.694. The normalized spacial score (nSPS) is 12.9. The zero-order valence-electron chi connectivity index (χ0n) is 12.2. The molecule has 0 heterocycles. The predicted octanol–water partition coefficient (Wildman–Crippen LogP) is 4.32. The maximum absolute atomic E-state index is 5.02. The predicted molar refractivity (Wildman–Crippen MR) is 87.9 cm³/mol. The van der Waals surface area contributed by atoms with Crippen molar-refractivity contribution < 1.29 is 4.74 Å². The zero-order chi connectivity index (χ0) is 14.3. The maximum Gasteiger partial charge on any atom is 0.0587 e. The molecule has 0 aliphatic heterocycles. The van der Waals surface area contributed by atoms with Crippen molar-refractivity contribution in [3.05, 3.63) is 28.2 Å². The molecule has 0 radical (unpaired) electrons. The number of nitrogens with one attached hydrogen (secondary N) is 1. The number of hydrogen-bond donors (Lipinski definition) is 1. The molecule has 1 atom stereocenters. The summed E-state index contributed by atoms with van der Waals surface area (Å²) < 4.78 is 6.20. The Morgan fingerprint density at radius 2 is 2.05 bits per heavy atom. The van der Waals surface area contributed by atoms with Crippen molar-refractivity contribution >= 4 is 27.7 Å². The summed E-state index contributed by atoms with van der Waals surface area (Å²) in [5.41, 5.74) is 1.29. The van der Waals surface area contributed by atoms with E-state index in [1.165, 1.54) is 14.9 Å². The molecule has 0 saturated heterocycles. The molecule has 0 aliphatic carbocycles. The van der Waals surface area contributed by atoms with Crippen molar-refractivity contribution in [1.82, 2.24) is 5.32 Å². The first-order valence-electron chi connectivity index (χ1n) is 6.69. The van der Waals surface area contributed by atoms with Crippen LogP contribution in [0.1, 0.15) is 26.3 Å². The van der Waals surface area contributed by atoms with E-state index < -0.39 is 0 Å². The molecule has 0 bridgehead atoms. The summed E-state index contributed by atoms with van der Waals surface area (Å²) >= 11 is 5.59. The molecule has 1 aromatic carbocycles. The van der Waals surface area contributed by atoms with Gasteiger partial charge in [0.25, 0.3) is 0 Å². The number of hydrogen-bond acceptors (Lipinski definition) is 3. The van der Waals surface area contributed by atoms with Crippen molar-refractivity contribution in [2.45, 2.75) is 37.5 Å². The van der Waals surface area contributed by atoms with Crippen molar-refractivity contribution in [2.24, 2.45) is 5.92 Å². The van der Waals surface area contributed by atoms with E-state index in [1.807, 2.05) is 11.8 Å². The van der Waals surface area contributed by atoms with Crippen molar-refractivity contribution in [2.75, 3.05) is 20.3 Å². The summed E-state index contributed by atoms with van der Waals surface area (Å²) in [7, 11) is 1.72. The van der Waals surface area contributed by atoms with Gasteiger partial charge < -0.3 is 10.1 Å². The lowest BCUT2D eigenvalue weighted by Gasteiger charge is -2.15. The van der Waals surface area contributed by atoms with E-state index in [0.29, 0.717) is 11.2 Å². The molecule has 1 aromatic rings. The molecule has 1 rings (SSSR count). The molecule has 0 spiro atoms. The third kappa shape index (κ3) is 6.30. The Balaban J connectivity index is 2.54. The van der Waals surface area contributed by atoms with Crippen LogP contribution in [-0.4, -0.2) is 25.5 Å². The second kappa shape index (κ2) is 9.01. The standard InChI is InChI=1S/C15H24BrNOS/c1-11(2)12(3)19-14-6-5-13(15(16)9-14)10-17-7-8-18-4/h5-6,9,11-12,17H,7-8,10H2,1-4H3. The average Bonchev–Trinajstić information content (AvgIpc) is 2.36. The van der Waals surface area contributed by atoms with Crippen LogP contribution in [0, 0.1) is 5.92 Å². The van der Waals surface area contributed by atoms with E-state index in [9.17, 15) is 0 Å². The third-order valence-corrected chi connectivity index (χ3v) is 5.26. The molecule has 0 aliphatic rings. The number of ether oxygens (including phenoxy) is 1. The van der Waals surface area contributed by atoms with Crippen molar-refractivity contribution in [3.8, 4) is 0 Å². The quantitative estimate of drug-likeness (QED) is 0.559. The van der Waals surface area contributed by atoms with Crippen LogP contribution in [0.2, 0.25) is 0 Å². The minimum Gasteiger partial charge on any atom is -0.383 e. The molecule has 0 saturated carbocycles. The van der Waals surface area contributed by atoms with Gasteiger partial charge in [0.1, 0.15) is 0 Å². The Morgan fingerprint density at radius 3 is 2.63 bits per heavy atom. The molecule has 0 fully saturated rings. The lowest BCUT2D eigenvalue weighted by atomic mass is 10.2. The van der Waals surface area contributed by atoms with Gasteiger partial charge in [0.05, 0.1) is 6.61 Å². The van der Waals surface area contributed by atoms with Crippen LogP contribution >= 0.6 is 27.7 Å². The molecular formula is C15H24BrNOS. The van der Waals surface area contributed by atoms with E-state index in [4.69, 9.17) is 4.74 Å². The molecule has 19 heavy (non-hydrogen) atoms. The fourth-order valence-electron chi connectivity index (χ4n) is 1.49. The summed E-state index contributed by atoms with van der Waals surface area (Å²) in [6.07, 6.45) is 0. The number of benzene rings is 1. The highest BCUT2D eigenvalue weighted by Crippen LogP contribution is 2.31. The summed E-state index contributed by atoms with van der Waals surface area (Å²) in [4.78, 5) is 1.33. The Kier molecular flexibility index (Phi) is 8.07. The van der Waals surface area contributed by atoms with Gasteiger partial charge in [-0.1, -0.05) is 42.8 Å². The van der Waals surface area contributed by atoms with Gasteiger partial charge >= 0.3 is 0 Å². The van der Waals surface area contributed by atoms with Crippen LogP contribution < -0.4 is 5.32 Å². The van der Waals surface area contributed by atoms with Crippen molar-refractivity contribution in [1.29, 1.82) is 0 Å². The highest BCUT2D eigenvalue weighted by atomic mass is 79.9. The van der Waals surface area contributed by atoms with Crippen LogP contribution in [0.15, 0.2) is 27.6 Å². The Morgan fingerprint density at radius 1 is 1.32 bits per heavy atom. The van der Waals surface area contributed by atoms with E-state index in [1.54, 1.807) is 7.11 Å². The number of methoxy groups -OCH3 is 1. The zero-order valence-corrected chi connectivity index (χ0v) is 14.6. The van der Waals surface area contributed by atoms with Gasteiger partial charge in [-0.05, 0) is 23.6 Å². The van der Waals surface area contributed by atoms with Crippen LogP contribution in [0.3, 0.4) is 0 Å². The highest BCUT2D eigenvalue weighted by Gasteiger charge is 2.10. The summed E-state index contributed by atoms with van der Waals surface area (Å²) in [5, 5.41) is 4.00. The number of thioether (sulfide) groups is 1. The average molecular weight is 346 g/mol. The van der Waals surface area contributed by atoms with Gasteiger partial charge in [0.15, 0.2) is 0 Å². The van der Waals surface area contributed by atoms with Gasteiger partial charge in [-0.3, -0.25) is 0 Å². The number of rotatable bonds is 8. The summed E-state index contributed by atoms with van der Waals surface area (Å²) in [6, 6.07) is 6.62. The molecule has 1 N–H and O–H groups in total. The topological polar surface area (TPSA) is 21.3 Å². The minimum absolute atomic E-state index is 0.637. The molecule has 2 nitrogen and oxygen atoms in total. The Bertz CT molecular complexity index is 384. The molecule has 0 aromatic heterocycles. The number of halogens is 1. The van der Waals surface area contributed by atoms with Crippen LogP contribution in [-0.2, 0) is 11.3 Å². The fourth-order valence-corrected chi connectivity index (χ4v) is 3.20. The van der Waals surface area contributed by atoms with E-state index >= 15 is 0 Å². The SMILES string of the molecule is COCCNCc1ccc(SC(C)C(C)C)cc1Br. The lowest BCUT2D eigenvalue weighted by molar-refractivity contribution is 0.199. The van der Waals surface area contributed by atoms with Gasteiger partial charge in [-0.15, -0.1) is 11.8 Å². The van der Waals surface area contributed by atoms with Crippen LogP contribution in [0.4, 0.5) is 0 Å². The van der Waals surface area contributed by atoms with Crippen LogP contribution in [0.25, 0.3) is 0 Å². The van der Waals surface area contributed by atoms with Gasteiger partial charge in [-0.25, -0.2) is 0 Å². The minimum atomic E-state index is 0.637. The highest BCUT2D eigenvalue weighted by molar-refractivity contribution is 9.10. The fraction of sp³-hybridized carbons (Fsp3) is 0.600. The summed E-state index contributed by atoms with van der Waals surface area (Å²) in [6.45, 7) is 9.31. The second-order valence-electron chi connectivity index (χ2n) is 4.99. The van der Waals surface area contributed by atoms with Crippen LogP contribution in [0.5, 0.6) is 0 Å². The van der Waals surface area contributed by atoms with Gasteiger partial charge in [0.2, 0.25) is 0 Å². The monoisotopic (exact) mass is 345 g/mol. The van der Waals surface area contributed by atoms with E-state index in [2.05, 4.69) is 60.2 Å². The first-order chi connectivity index (χ1) is 9.04. The van der Waals surface area contributed by atoms with Gasteiger partial charge in [-0.2, -0.15) is 0 Å². The Labute approximate surface area is 129 Å². The second-order valence-corrected chi connectivity index (χ2v) is 7.29. The van der Waals surface area contributed by atoms with E-state index in [-0.39, 0.29) is 0 Å².